The minimum Gasteiger partial charge on any atom is -0.466 e. The molecule has 5 heteroatoms. The molecule has 1 aromatic rings. The topological polar surface area (TPSA) is 64.6 Å². The molecule has 5 nitrogen and oxygen atoms in total. The van der Waals surface area contributed by atoms with Gasteiger partial charge < -0.3 is 14.8 Å². The first-order chi connectivity index (χ1) is 8.99. The van der Waals surface area contributed by atoms with Crippen molar-refractivity contribution in [1.82, 2.24) is 0 Å². The van der Waals surface area contributed by atoms with Gasteiger partial charge in [0.05, 0.1) is 20.3 Å². The van der Waals surface area contributed by atoms with Gasteiger partial charge in [0.1, 0.15) is 5.70 Å². The predicted octanol–water partition coefficient (Wildman–Crippen LogP) is 1.95. The highest BCUT2D eigenvalue weighted by atomic mass is 16.5. The second-order valence-corrected chi connectivity index (χ2v) is 3.96. The highest BCUT2D eigenvalue weighted by Crippen LogP contribution is 2.21. The summed E-state index contributed by atoms with van der Waals surface area (Å²) in [6.07, 6.45) is 1.07. The van der Waals surface area contributed by atoms with Crippen LogP contribution in [-0.2, 0) is 19.1 Å². The largest absolute Gasteiger partial charge is 0.466 e. The molecule has 0 aliphatic rings. The molecule has 0 atom stereocenters. The lowest BCUT2D eigenvalue weighted by Crippen LogP contribution is -2.16. The van der Waals surface area contributed by atoms with Gasteiger partial charge in [-0.25, -0.2) is 9.59 Å². The Morgan fingerprint density at radius 3 is 2.16 bits per heavy atom. The molecule has 0 spiro atoms. The number of carbonyl (C=O) groups excluding carboxylic acids is 2. The van der Waals surface area contributed by atoms with Crippen LogP contribution >= 0.6 is 0 Å². The SMILES string of the molecule is COC(=O)/C=C(\Nc1c(C)cccc1C)C(=O)OC. The lowest BCUT2D eigenvalue weighted by Gasteiger charge is -2.13. The summed E-state index contributed by atoms with van der Waals surface area (Å²) in [5.74, 6) is -1.26. The zero-order valence-corrected chi connectivity index (χ0v) is 11.4. The molecule has 0 heterocycles. The van der Waals surface area contributed by atoms with Crippen molar-refractivity contribution in [2.24, 2.45) is 0 Å². The van der Waals surface area contributed by atoms with Crippen molar-refractivity contribution in [2.75, 3.05) is 19.5 Å². The maximum absolute atomic E-state index is 11.6. The minimum atomic E-state index is -0.631. The molecule has 0 aliphatic carbocycles. The molecule has 0 saturated heterocycles. The summed E-state index contributed by atoms with van der Waals surface area (Å²) in [6, 6.07) is 5.72. The second kappa shape index (κ2) is 6.58. The van der Waals surface area contributed by atoms with Crippen LogP contribution in [0.4, 0.5) is 5.69 Å². The minimum absolute atomic E-state index is 0.0340. The van der Waals surface area contributed by atoms with Crippen LogP contribution in [0.25, 0.3) is 0 Å². The molecule has 0 radical (unpaired) electrons. The van der Waals surface area contributed by atoms with E-state index in [2.05, 4.69) is 14.8 Å². The van der Waals surface area contributed by atoms with Gasteiger partial charge in [-0.3, -0.25) is 0 Å². The second-order valence-electron chi connectivity index (χ2n) is 3.96. The first-order valence-electron chi connectivity index (χ1n) is 5.70. The van der Waals surface area contributed by atoms with Crippen molar-refractivity contribution in [3.05, 3.63) is 41.1 Å². The Morgan fingerprint density at radius 2 is 1.68 bits per heavy atom. The van der Waals surface area contributed by atoms with E-state index in [1.807, 2.05) is 32.0 Å². The number of ether oxygens (including phenoxy) is 2. The summed E-state index contributed by atoms with van der Waals surface area (Å²) in [6.45, 7) is 3.81. The molecule has 0 fully saturated rings. The van der Waals surface area contributed by atoms with Gasteiger partial charge in [-0.2, -0.15) is 0 Å². The van der Waals surface area contributed by atoms with Gasteiger partial charge in [0.2, 0.25) is 0 Å². The van der Waals surface area contributed by atoms with Gasteiger partial charge in [0.25, 0.3) is 0 Å². The first-order valence-corrected chi connectivity index (χ1v) is 5.70. The van der Waals surface area contributed by atoms with Crippen LogP contribution in [0.2, 0.25) is 0 Å². The van der Waals surface area contributed by atoms with Gasteiger partial charge >= 0.3 is 11.9 Å². The number of hydrogen-bond acceptors (Lipinski definition) is 5. The van der Waals surface area contributed by atoms with Crippen LogP contribution in [0.3, 0.4) is 0 Å². The number of anilines is 1. The van der Waals surface area contributed by atoms with Crippen LogP contribution in [-0.4, -0.2) is 26.2 Å². The number of carbonyl (C=O) groups is 2. The molecule has 0 amide bonds. The third-order valence-electron chi connectivity index (χ3n) is 2.61. The molecule has 0 unspecified atom stereocenters. The standard InChI is InChI=1S/C14H17NO4/c1-9-6-5-7-10(2)13(9)15-11(14(17)19-4)8-12(16)18-3/h5-8,15H,1-4H3/b11-8-. The molecule has 0 aromatic heterocycles. The summed E-state index contributed by atoms with van der Waals surface area (Å²) in [5, 5.41) is 2.92. The van der Waals surface area contributed by atoms with E-state index in [4.69, 9.17) is 0 Å². The van der Waals surface area contributed by atoms with Gasteiger partial charge in [-0.1, -0.05) is 18.2 Å². The van der Waals surface area contributed by atoms with E-state index in [1.54, 1.807) is 0 Å². The maximum Gasteiger partial charge on any atom is 0.354 e. The van der Waals surface area contributed by atoms with Gasteiger partial charge in [-0.05, 0) is 25.0 Å². The lowest BCUT2D eigenvalue weighted by atomic mass is 10.1. The van der Waals surface area contributed by atoms with E-state index in [1.165, 1.54) is 14.2 Å². The van der Waals surface area contributed by atoms with Crippen molar-refractivity contribution >= 4 is 17.6 Å². The summed E-state index contributed by atoms with van der Waals surface area (Å²) < 4.78 is 9.14. The molecule has 1 rings (SSSR count). The summed E-state index contributed by atoms with van der Waals surface area (Å²) in [7, 11) is 2.49. The normalized spacial score (nSPS) is 10.8. The Balaban J connectivity index is 3.11. The Morgan fingerprint density at radius 1 is 1.11 bits per heavy atom. The number of nitrogens with one attached hydrogen (secondary N) is 1. The molecule has 0 bridgehead atoms. The third kappa shape index (κ3) is 3.84. The summed E-state index contributed by atoms with van der Waals surface area (Å²) in [4.78, 5) is 22.9. The average Bonchev–Trinajstić information content (AvgIpc) is 2.40. The van der Waals surface area contributed by atoms with Gasteiger partial charge in [0.15, 0.2) is 0 Å². The molecule has 0 aliphatic heterocycles. The number of esters is 2. The Bertz CT molecular complexity index is 500. The fourth-order valence-electron chi connectivity index (χ4n) is 1.58. The average molecular weight is 263 g/mol. The predicted molar refractivity (Wildman–Crippen MR) is 71.7 cm³/mol. The molecule has 0 saturated carbocycles. The molecule has 19 heavy (non-hydrogen) atoms. The molecular weight excluding hydrogens is 246 g/mol. The zero-order valence-electron chi connectivity index (χ0n) is 11.4. The molecule has 1 aromatic carbocycles. The Labute approximate surface area is 112 Å². The first kappa shape index (κ1) is 14.8. The molecule has 1 N–H and O–H groups in total. The van der Waals surface area contributed by atoms with Crippen LogP contribution in [0.5, 0.6) is 0 Å². The van der Waals surface area contributed by atoms with Crippen LogP contribution < -0.4 is 5.32 Å². The van der Waals surface area contributed by atoms with Gasteiger partial charge in [-0.15, -0.1) is 0 Å². The highest BCUT2D eigenvalue weighted by molar-refractivity contribution is 5.99. The summed E-state index contributed by atoms with van der Waals surface area (Å²) >= 11 is 0. The summed E-state index contributed by atoms with van der Waals surface area (Å²) in [5.41, 5.74) is 2.72. The molecular formula is C14H17NO4. The van der Waals surface area contributed by atoms with Crippen molar-refractivity contribution in [3.8, 4) is 0 Å². The maximum atomic E-state index is 11.6. The van der Waals surface area contributed by atoms with E-state index >= 15 is 0 Å². The van der Waals surface area contributed by atoms with Crippen LogP contribution in [0.15, 0.2) is 30.0 Å². The number of para-hydroxylation sites is 1. The van der Waals surface area contributed by atoms with E-state index in [0.29, 0.717) is 0 Å². The van der Waals surface area contributed by atoms with E-state index in [9.17, 15) is 9.59 Å². The van der Waals surface area contributed by atoms with Crippen molar-refractivity contribution in [3.63, 3.8) is 0 Å². The molecule has 102 valence electrons. The van der Waals surface area contributed by atoms with E-state index in [0.717, 1.165) is 22.9 Å². The van der Waals surface area contributed by atoms with Crippen molar-refractivity contribution in [2.45, 2.75) is 13.8 Å². The highest BCUT2D eigenvalue weighted by Gasteiger charge is 2.14. The van der Waals surface area contributed by atoms with E-state index < -0.39 is 11.9 Å². The number of rotatable bonds is 4. The number of benzene rings is 1. The smallest absolute Gasteiger partial charge is 0.354 e. The van der Waals surface area contributed by atoms with Crippen molar-refractivity contribution in [1.29, 1.82) is 0 Å². The Hall–Kier alpha value is -2.30. The number of hydrogen-bond donors (Lipinski definition) is 1. The number of methoxy groups -OCH3 is 2. The lowest BCUT2D eigenvalue weighted by molar-refractivity contribution is -0.138. The zero-order chi connectivity index (χ0) is 14.4. The van der Waals surface area contributed by atoms with Crippen LogP contribution in [0.1, 0.15) is 11.1 Å². The monoisotopic (exact) mass is 263 g/mol. The number of aryl methyl sites for hydroxylation is 2. The Kier molecular flexibility index (Phi) is 5.11. The van der Waals surface area contributed by atoms with Crippen LogP contribution in [0, 0.1) is 13.8 Å². The third-order valence-corrected chi connectivity index (χ3v) is 2.61. The fourth-order valence-corrected chi connectivity index (χ4v) is 1.58. The fraction of sp³-hybridized carbons (Fsp3) is 0.286. The quantitative estimate of drug-likeness (QED) is 0.664. The van der Waals surface area contributed by atoms with Gasteiger partial charge in [0, 0.05) is 5.69 Å². The van der Waals surface area contributed by atoms with Crippen molar-refractivity contribution < 1.29 is 19.1 Å². The van der Waals surface area contributed by atoms with E-state index in [-0.39, 0.29) is 5.70 Å².